The first-order valence-corrected chi connectivity index (χ1v) is 12.2. The molecular weight excluding hydrogens is 469 g/mol. The molecule has 1 aromatic heterocycles. The molecule has 0 unspecified atom stereocenters. The van der Waals surface area contributed by atoms with Gasteiger partial charge in [-0.25, -0.2) is 9.37 Å². The fourth-order valence-corrected chi connectivity index (χ4v) is 5.24. The topological polar surface area (TPSA) is 80.3 Å². The Hall–Kier alpha value is -4.26. The maximum atomic E-state index is 13.8. The molecule has 2 heterocycles. The number of ether oxygens (including phenoxy) is 1. The second kappa shape index (κ2) is 10.0. The number of halogens is 1. The number of benzene rings is 2. The molecule has 188 valence electrons. The highest BCUT2D eigenvalue weighted by atomic mass is 19.1. The number of dihydropyridines is 1. The van der Waals surface area contributed by atoms with Crippen molar-refractivity contribution in [2.24, 2.45) is 0 Å². The van der Waals surface area contributed by atoms with E-state index in [0.717, 1.165) is 22.7 Å². The Balaban J connectivity index is 1.53. The van der Waals surface area contributed by atoms with E-state index in [1.54, 1.807) is 25.3 Å². The first-order chi connectivity index (χ1) is 17.8. The van der Waals surface area contributed by atoms with Crippen molar-refractivity contribution in [2.45, 2.75) is 38.5 Å². The summed E-state index contributed by atoms with van der Waals surface area (Å²) >= 11 is 0. The summed E-state index contributed by atoms with van der Waals surface area (Å²) in [5.74, 6) is -0.196. The van der Waals surface area contributed by atoms with E-state index in [2.05, 4.69) is 15.6 Å². The zero-order valence-corrected chi connectivity index (χ0v) is 21.0. The third-order valence-electron chi connectivity index (χ3n) is 6.99. The fourth-order valence-electron chi connectivity index (χ4n) is 5.24. The summed E-state index contributed by atoms with van der Waals surface area (Å²) in [6.45, 7) is 3.68. The number of amides is 1. The van der Waals surface area contributed by atoms with Crippen LogP contribution in [0.25, 0.3) is 0 Å². The molecule has 0 fully saturated rings. The largest absolute Gasteiger partial charge is 0.497 e. The van der Waals surface area contributed by atoms with Gasteiger partial charge >= 0.3 is 0 Å². The SMILES string of the molecule is COc1ccc([C@H]2CC(=O)C3=C(C2)NC(C)=C(C(=O)Nc2cccc(C)n2)[C@H]3c2ccc(F)cc2)cc1. The lowest BCUT2D eigenvalue weighted by Crippen LogP contribution is -2.37. The van der Waals surface area contributed by atoms with Crippen LogP contribution in [0.2, 0.25) is 0 Å². The number of carbonyl (C=O) groups excluding carboxylic acids is 2. The zero-order valence-electron chi connectivity index (χ0n) is 21.0. The summed E-state index contributed by atoms with van der Waals surface area (Å²) in [4.78, 5) is 31.7. The van der Waals surface area contributed by atoms with Crippen molar-refractivity contribution in [2.75, 3.05) is 12.4 Å². The van der Waals surface area contributed by atoms with Crippen molar-refractivity contribution >= 4 is 17.5 Å². The highest BCUT2D eigenvalue weighted by molar-refractivity contribution is 6.09. The van der Waals surface area contributed by atoms with Gasteiger partial charge in [0.05, 0.1) is 7.11 Å². The number of ketones is 1. The van der Waals surface area contributed by atoms with Gasteiger partial charge in [0.1, 0.15) is 17.4 Å². The average molecular weight is 498 g/mol. The Morgan fingerprint density at radius 3 is 2.38 bits per heavy atom. The van der Waals surface area contributed by atoms with Crippen molar-refractivity contribution in [3.05, 3.63) is 112 Å². The normalized spacial score (nSPS) is 19.3. The van der Waals surface area contributed by atoms with E-state index in [4.69, 9.17) is 4.74 Å². The maximum Gasteiger partial charge on any atom is 0.255 e. The van der Waals surface area contributed by atoms with Crippen LogP contribution < -0.4 is 15.4 Å². The first kappa shape index (κ1) is 24.4. The molecule has 0 spiro atoms. The number of hydrogen-bond acceptors (Lipinski definition) is 5. The predicted molar refractivity (Wildman–Crippen MR) is 140 cm³/mol. The van der Waals surface area contributed by atoms with Gasteiger partial charge in [-0.15, -0.1) is 0 Å². The number of Topliss-reactive ketones (excluding diaryl/α,β-unsaturated/α-hetero) is 1. The third-order valence-corrected chi connectivity index (χ3v) is 6.99. The Kier molecular flexibility index (Phi) is 6.61. The van der Waals surface area contributed by atoms with E-state index in [1.165, 1.54) is 12.1 Å². The molecule has 5 rings (SSSR count). The van der Waals surface area contributed by atoms with E-state index < -0.39 is 5.92 Å². The molecule has 1 aliphatic heterocycles. The van der Waals surface area contributed by atoms with E-state index in [1.807, 2.05) is 50.2 Å². The number of anilines is 1. The standard InChI is InChI=1S/C30H28FN3O3/c1-17-5-4-6-26(32-17)34-30(36)27-18(2)33-24-15-21(19-9-13-23(37-3)14-10-19)16-25(35)29(24)28(27)20-7-11-22(31)12-8-20/h4-14,21,28,33H,15-16H2,1-3H3,(H,32,34,36)/t21-,28-/m1/s1. The van der Waals surface area contributed by atoms with Crippen LogP contribution in [0.15, 0.2) is 89.3 Å². The molecule has 0 saturated heterocycles. The molecule has 3 aromatic rings. The van der Waals surface area contributed by atoms with E-state index >= 15 is 0 Å². The number of rotatable bonds is 5. The number of allylic oxidation sites excluding steroid dienone is 3. The van der Waals surface area contributed by atoms with E-state index in [0.29, 0.717) is 41.1 Å². The lowest BCUT2D eigenvalue weighted by molar-refractivity contribution is -0.116. The van der Waals surface area contributed by atoms with Gasteiger partial charge in [-0.2, -0.15) is 0 Å². The number of aromatic nitrogens is 1. The van der Waals surface area contributed by atoms with Crippen molar-refractivity contribution < 1.29 is 18.7 Å². The monoisotopic (exact) mass is 497 g/mol. The average Bonchev–Trinajstić information content (AvgIpc) is 2.88. The lowest BCUT2D eigenvalue weighted by atomic mass is 9.71. The number of aryl methyl sites for hydroxylation is 1. The number of pyridine rings is 1. The summed E-state index contributed by atoms with van der Waals surface area (Å²) in [5.41, 5.74) is 4.95. The molecule has 1 aliphatic carbocycles. The van der Waals surface area contributed by atoms with Crippen LogP contribution in [0.4, 0.5) is 10.2 Å². The predicted octanol–water partition coefficient (Wildman–Crippen LogP) is 5.54. The van der Waals surface area contributed by atoms with E-state index in [9.17, 15) is 14.0 Å². The van der Waals surface area contributed by atoms with Crippen molar-refractivity contribution in [3.63, 3.8) is 0 Å². The van der Waals surface area contributed by atoms with Crippen molar-refractivity contribution in [1.82, 2.24) is 10.3 Å². The summed E-state index contributed by atoms with van der Waals surface area (Å²) in [5, 5.41) is 6.25. The first-order valence-electron chi connectivity index (χ1n) is 12.2. The van der Waals surface area contributed by atoms with Gasteiger partial charge in [-0.1, -0.05) is 30.3 Å². The zero-order chi connectivity index (χ0) is 26.1. The van der Waals surface area contributed by atoms with Gasteiger partial charge in [0.25, 0.3) is 5.91 Å². The van der Waals surface area contributed by atoms with Crippen LogP contribution in [-0.4, -0.2) is 23.8 Å². The molecule has 0 bridgehead atoms. The van der Waals surface area contributed by atoms with Gasteiger partial charge in [0.15, 0.2) is 5.78 Å². The fraction of sp³-hybridized carbons (Fsp3) is 0.233. The minimum Gasteiger partial charge on any atom is -0.497 e. The number of nitrogens with zero attached hydrogens (tertiary/aromatic N) is 1. The molecule has 2 N–H and O–H groups in total. The number of methoxy groups -OCH3 is 1. The Labute approximate surface area is 215 Å². The molecule has 7 heteroatoms. The van der Waals surface area contributed by atoms with Gasteiger partial charge in [-0.05, 0) is 73.7 Å². The van der Waals surface area contributed by atoms with Gasteiger partial charge in [0.2, 0.25) is 0 Å². The van der Waals surface area contributed by atoms with Crippen LogP contribution in [-0.2, 0) is 9.59 Å². The quantitative estimate of drug-likeness (QED) is 0.484. The maximum absolute atomic E-state index is 13.8. The summed E-state index contributed by atoms with van der Waals surface area (Å²) in [6, 6.07) is 19.2. The molecule has 2 aliphatic rings. The molecule has 37 heavy (non-hydrogen) atoms. The van der Waals surface area contributed by atoms with Crippen LogP contribution in [0.3, 0.4) is 0 Å². The molecule has 2 atom stereocenters. The smallest absolute Gasteiger partial charge is 0.255 e. The minimum atomic E-state index is -0.619. The molecule has 2 aromatic carbocycles. The van der Waals surface area contributed by atoms with Gasteiger partial charge in [0, 0.05) is 40.6 Å². The van der Waals surface area contributed by atoms with Gasteiger partial charge < -0.3 is 15.4 Å². The second-order valence-electron chi connectivity index (χ2n) is 9.46. The van der Waals surface area contributed by atoms with Crippen LogP contribution in [0, 0.1) is 12.7 Å². The van der Waals surface area contributed by atoms with Gasteiger partial charge in [-0.3, -0.25) is 9.59 Å². The summed E-state index contributed by atoms with van der Waals surface area (Å²) < 4.78 is 19.1. The summed E-state index contributed by atoms with van der Waals surface area (Å²) in [7, 11) is 1.62. The summed E-state index contributed by atoms with van der Waals surface area (Å²) in [6.07, 6.45) is 0.939. The molecule has 6 nitrogen and oxygen atoms in total. The Morgan fingerprint density at radius 1 is 1.00 bits per heavy atom. The highest BCUT2D eigenvalue weighted by Crippen LogP contribution is 2.45. The van der Waals surface area contributed by atoms with E-state index in [-0.39, 0.29) is 23.4 Å². The van der Waals surface area contributed by atoms with Crippen LogP contribution >= 0.6 is 0 Å². The van der Waals surface area contributed by atoms with Crippen LogP contribution in [0.5, 0.6) is 5.75 Å². The molecular formula is C30H28FN3O3. The lowest BCUT2D eigenvalue weighted by Gasteiger charge is -2.37. The van der Waals surface area contributed by atoms with Crippen molar-refractivity contribution in [1.29, 1.82) is 0 Å². The minimum absolute atomic E-state index is 0.00167. The Bertz CT molecular complexity index is 1430. The molecule has 1 amide bonds. The number of nitrogens with one attached hydrogen (secondary N) is 2. The van der Waals surface area contributed by atoms with Crippen molar-refractivity contribution in [3.8, 4) is 5.75 Å². The second-order valence-corrected chi connectivity index (χ2v) is 9.46. The number of hydrogen-bond donors (Lipinski definition) is 2. The highest BCUT2D eigenvalue weighted by Gasteiger charge is 2.41. The number of carbonyl (C=O) groups is 2. The molecule has 0 radical (unpaired) electrons. The van der Waals surface area contributed by atoms with Crippen LogP contribution in [0.1, 0.15) is 48.4 Å². The third kappa shape index (κ3) is 4.89. The molecule has 0 saturated carbocycles. The Morgan fingerprint density at radius 2 is 1.70 bits per heavy atom.